The fourth-order valence-electron chi connectivity index (χ4n) is 2.52. The lowest BCUT2D eigenvalue weighted by atomic mass is 10.1. The van der Waals surface area contributed by atoms with Crippen molar-refractivity contribution in [3.05, 3.63) is 71.8 Å². The van der Waals surface area contributed by atoms with Crippen LogP contribution in [0.3, 0.4) is 0 Å². The molecule has 0 aliphatic heterocycles. The molecule has 3 aromatic rings. The Bertz CT molecular complexity index is 800. The molecule has 1 N–H and O–H groups in total. The van der Waals surface area contributed by atoms with Crippen molar-refractivity contribution in [2.45, 2.75) is 19.9 Å². The number of aryl methyl sites for hydroxylation is 1. The van der Waals surface area contributed by atoms with Gasteiger partial charge in [-0.3, -0.25) is 9.48 Å². The summed E-state index contributed by atoms with van der Waals surface area (Å²) in [5.41, 5.74) is 3.64. The highest BCUT2D eigenvalue weighted by Gasteiger charge is 2.15. The van der Waals surface area contributed by atoms with E-state index in [1.807, 2.05) is 74.3 Å². The largest absolute Gasteiger partial charge is 0.345 e. The van der Waals surface area contributed by atoms with Crippen molar-refractivity contribution >= 4 is 5.91 Å². The Kier molecular flexibility index (Phi) is 4.02. The minimum atomic E-state index is -0.0995. The van der Waals surface area contributed by atoms with Crippen LogP contribution >= 0.6 is 0 Å². The van der Waals surface area contributed by atoms with Crippen LogP contribution in [-0.4, -0.2) is 20.3 Å². The molecular formula is C18H20N4O. The highest BCUT2D eigenvalue weighted by Crippen LogP contribution is 2.17. The maximum Gasteiger partial charge on any atom is 0.255 e. The highest BCUT2D eigenvalue weighted by molar-refractivity contribution is 5.95. The lowest BCUT2D eigenvalue weighted by molar-refractivity contribution is 0.0939. The Morgan fingerprint density at radius 2 is 1.83 bits per heavy atom. The Morgan fingerprint density at radius 3 is 2.39 bits per heavy atom. The number of amides is 1. The SMILES string of the molecule is Cc1c(C(=O)NC(C)c2ccc(-n3cccc3)cc2)cnn1C. The summed E-state index contributed by atoms with van der Waals surface area (Å²) >= 11 is 0. The van der Waals surface area contributed by atoms with E-state index in [1.165, 1.54) is 0 Å². The first-order valence-electron chi connectivity index (χ1n) is 7.59. The van der Waals surface area contributed by atoms with Crippen molar-refractivity contribution in [1.82, 2.24) is 19.7 Å². The summed E-state index contributed by atoms with van der Waals surface area (Å²) in [5, 5.41) is 7.13. The molecule has 0 saturated carbocycles. The molecule has 0 radical (unpaired) electrons. The number of hydrogen-bond donors (Lipinski definition) is 1. The Hall–Kier alpha value is -2.82. The number of hydrogen-bond acceptors (Lipinski definition) is 2. The summed E-state index contributed by atoms with van der Waals surface area (Å²) in [6.07, 6.45) is 5.61. The van der Waals surface area contributed by atoms with Crippen LogP contribution in [0.25, 0.3) is 5.69 Å². The average molecular weight is 308 g/mol. The van der Waals surface area contributed by atoms with Gasteiger partial charge < -0.3 is 9.88 Å². The molecule has 1 unspecified atom stereocenters. The van der Waals surface area contributed by atoms with E-state index in [4.69, 9.17) is 0 Å². The molecule has 0 bridgehead atoms. The average Bonchev–Trinajstić information content (AvgIpc) is 3.19. The Labute approximate surface area is 135 Å². The molecule has 0 aliphatic rings. The zero-order chi connectivity index (χ0) is 16.4. The smallest absolute Gasteiger partial charge is 0.255 e. The van der Waals surface area contributed by atoms with Crippen molar-refractivity contribution < 1.29 is 4.79 Å². The lowest BCUT2D eigenvalue weighted by Gasteiger charge is -2.15. The predicted molar refractivity (Wildman–Crippen MR) is 89.6 cm³/mol. The molecule has 2 heterocycles. The second-order valence-electron chi connectivity index (χ2n) is 5.64. The topological polar surface area (TPSA) is 51.9 Å². The van der Waals surface area contributed by atoms with E-state index in [2.05, 4.69) is 10.4 Å². The second-order valence-corrected chi connectivity index (χ2v) is 5.64. The van der Waals surface area contributed by atoms with Gasteiger partial charge in [0.05, 0.1) is 17.8 Å². The standard InChI is InChI=1S/C18H20N4O/c1-13(20-18(23)17-12-19-21(3)14(17)2)15-6-8-16(9-7-15)22-10-4-5-11-22/h4-13H,1-3H3,(H,20,23). The number of carbonyl (C=O) groups excluding carboxylic acids is 1. The van der Waals surface area contributed by atoms with Crippen LogP contribution in [0.2, 0.25) is 0 Å². The summed E-state index contributed by atoms with van der Waals surface area (Å²) in [4.78, 5) is 12.3. The number of nitrogens with one attached hydrogen (secondary N) is 1. The summed E-state index contributed by atoms with van der Waals surface area (Å²) in [6, 6.07) is 12.1. The second kappa shape index (κ2) is 6.12. The van der Waals surface area contributed by atoms with Crippen molar-refractivity contribution in [3.63, 3.8) is 0 Å². The summed E-state index contributed by atoms with van der Waals surface area (Å²) in [6.45, 7) is 3.87. The molecule has 2 aromatic heterocycles. The molecule has 0 fully saturated rings. The van der Waals surface area contributed by atoms with Gasteiger partial charge in [0.15, 0.2) is 0 Å². The summed E-state index contributed by atoms with van der Waals surface area (Å²) in [7, 11) is 1.83. The number of aromatic nitrogens is 3. The molecule has 3 rings (SSSR count). The highest BCUT2D eigenvalue weighted by atomic mass is 16.1. The predicted octanol–water partition coefficient (Wildman–Crippen LogP) is 3.01. The van der Waals surface area contributed by atoms with Gasteiger partial charge in [0, 0.05) is 30.8 Å². The number of rotatable bonds is 4. The van der Waals surface area contributed by atoms with Crippen molar-refractivity contribution in [1.29, 1.82) is 0 Å². The van der Waals surface area contributed by atoms with E-state index in [0.717, 1.165) is 16.9 Å². The van der Waals surface area contributed by atoms with E-state index in [1.54, 1.807) is 10.9 Å². The van der Waals surface area contributed by atoms with Gasteiger partial charge in [-0.2, -0.15) is 5.10 Å². The van der Waals surface area contributed by atoms with Crippen LogP contribution in [0, 0.1) is 6.92 Å². The Balaban J connectivity index is 1.72. The lowest BCUT2D eigenvalue weighted by Crippen LogP contribution is -2.27. The fourth-order valence-corrected chi connectivity index (χ4v) is 2.52. The zero-order valence-electron chi connectivity index (χ0n) is 13.5. The van der Waals surface area contributed by atoms with E-state index in [9.17, 15) is 4.79 Å². The first-order chi connectivity index (χ1) is 11.1. The van der Waals surface area contributed by atoms with Crippen molar-refractivity contribution in [3.8, 4) is 5.69 Å². The molecule has 0 spiro atoms. The number of benzene rings is 1. The first kappa shape index (κ1) is 15.1. The molecule has 1 aromatic carbocycles. The fraction of sp³-hybridized carbons (Fsp3) is 0.222. The van der Waals surface area contributed by atoms with Gasteiger partial charge in [0.1, 0.15) is 0 Å². The first-order valence-corrected chi connectivity index (χ1v) is 7.59. The van der Waals surface area contributed by atoms with Gasteiger partial charge in [-0.05, 0) is 43.7 Å². The van der Waals surface area contributed by atoms with Gasteiger partial charge >= 0.3 is 0 Å². The molecule has 1 atom stereocenters. The molecule has 0 saturated heterocycles. The molecule has 118 valence electrons. The summed E-state index contributed by atoms with van der Waals surface area (Å²) < 4.78 is 3.75. The van der Waals surface area contributed by atoms with Crippen molar-refractivity contribution in [2.24, 2.45) is 7.05 Å². The number of carbonyl (C=O) groups is 1. The third-order valence-corrected chi connectivity index (χ3v) is 4.12. The van der Waals surface area contributed by atoms with E-state index in [-0.39, 0.29) is 11.9 Å². The van der Waals surface area contributed by atoms with Crippen LogP contribution in [0.5, 0.6) is 0 Å². The van der Waals surface area contributed by atoms with Gasteiger partial charge in [0.25, 0.3) is 5.91 Å². The maximum absolute atomic E-state index is 12.3. The van der Waals surface area contributed by atoms with Gasteiger partial charge in [-0.25, -0.2) is 0 Å². The van der Waals surface area contributed by atoms with E-state index < -0.39 is 0 Å². The minimum Gasteiger partial charge on any atom is -0.345 e. The van der Waals surface area contributed by atoms with Gasteiger partial charge in [0.2, 0.25) is 0 Å². The molecule has 23 heavy (non-hydrogen) atoms. The molecular weight excluding hydrogens is 288 g/mol. The zero-order valence-corrected chi connectivity index (χ0v) is 13.5. The third-order valence-electron chi connectivity index (χ3n) is 4.12. The molecule has 5 heteroatoms. The van der Waals surface area contributed by atoms with Gasteiger partial charge in [-0.15, -0.1) is 0 Å². The maximum atomic E-state index is 12.3. The van der Waals surface area contributed by atoms with Crippen molar-refractivity contribution in [2.75, 3.05) is 0 Å². The van der Waals surface area contributed by atoms with Crippen LogP contribution in [0.15, 0.2) is 55.0 Å². The quantitative estimate of drug-likeness (QED) is 0.805. The van der Waals surface area contributed by atoms with Crippen LogP contribution < -0.4 is 5.32 Å². The third kappa shape index (κ3) is 3.04. The molecule has 5 nitrogen and oxygen atoms in total. The Morgan fingerprint density at radius 1 is 1.17 bits per heavy atom. The van der Waals surface area contributed by atoms with Crippen LogP contribution in [0.4, 0.5) is 0 Å². The van der Waals surface area contributed by atoms with E-state index >= 15 is 0 Å². The number of nitrogens with zero attached hydrogens (tertiary/aromatic N) is 3. The van der Waals surface area contributed by atoms with Crippen LogP contribution in [-0.2, 0) is 7.05 Å². The summed E-state index contributed by atoms with van der Waals surface area (Å²) in [5.74, 6) is -0.0995. The monoisotopic (exact) mass is 308 g/mol. The van der Waals surface area contributed by atoms with Gasteiger partial charge in [-0.1, -0.05) is 12.1 Å². The molecule has 0 aliphatic carbocycles. The van der Waals surface area contributed by atoms with E-state index in [0.29, 0.717) is 5.56 Å². The van der Waals surface area contributed by atoms with Crippen LogP contribution in [0.1, 0.15) is 34.6 Å². The normalized spacial score (nSPS) is 12.1. The minimum absolute atomic E-state index is 0.0687. The molecule has 1 amide bonds.